The third kappa shape index (κ3) is 4.69. The van der Waals surface area contributed by atoms with E-state index in [9.17, 15) is 4.79 Å². The molecule has 110 valence electrons. The van der Waals surface area contributed by atoms with Crippen LogP contribution in [0.1, 0.15) is 10.4 Å². The fraction of sp³-hybridized carbons (Fsp3) is 0.188. The zero-order valence-electron chi connectivity index (χ0n) is 11.6. The number of halogens is 1. The number of nitrogens with one attached hydrogen (secondary N) is 1. The zero-order valence-corrected chi connectivity index (χ0v) is 13.2. The maximum Gasteiger partial charge on any atom is 0.252 e. The molecule has 0 saturated heterocycles. The molecule has 0 aromatic heterocycles. The van der Waals surface area contributed by atoms with E-state index in [0.29, 0.717) is 23.7 Å². The van der Waals surface area contributed by atoms with Crippen molar-refractivity contribution in [2.45, 2.75) is 4.90 Å². The first-order valence-corrected chi connectivity index (χ1v) is 8.10. The predicted octanol–water partition coefficient (Wildman–Crippen LogP) is 3.87. The van der Waals surface area contributed by atoms with Crippen LogP contribution < -0.4 is 10.1 Å². The molecular formula is C16H16ClNO2S. The van der Waals surface area contributed by atoms with Crippen molar-refractivity contribution in [2.24, 2.45) is 0 Å². The summed E-state index contributed by atoms with van der Waals surface area (Å²) >= 11 is 7.35. The standard InChI is InChI=1S/C16H16ClNO2S/c1-21-15-5-3-2-4-14(15)16(19)18-10-11-20-13-8-6-12(17)7-9-13/h2-9H,10-11H2,1H3,(H,18,19). The van der Waals surface area contributed by atoms with Gasteiger partial charge in [-0.15, -0.1) is 11.8 Å². The SMILES string of the molecule is CSc1ccccc1C(=O)NCCOc1ccc(Cl)cc1. The molecule has 1 N–H and O–H groups in total. The number of ether oxygens (including phenoxy) is 1. The lowest BCUT2D eigenvalue weighted by atomic mass is 10.2. The number of thioether (sulfide) groups is 1. The van der Waals surface area contributed by atoms with Gasteiger partial charge in [-0.05, 0) is 42.7 Å². The maximum absolute atomic E-state index is 12.1. The first-order chi connectivity index (χ1) is 10.2. The summed E-state index contributed by atoms with van der Waals surface area (Å²) in [5.74, 6) is 0.651. The van der Waals surface area contributed by atoms with Crippen LogP contribution in [0.3, 0.4) is 0 Å². The van der Waals surface area contributed by atoms with Crippen LogP contribution in [0.2, 0.25) is 5.02 Å². The van der Waals surface area contributed by atoms with E-state index in [2.05, 4.69) is 5.32 Å². The molecule has 0 heterocycles. The number of hydrogen-bond acceptors (Lipinski definition) is 3. The topological polar surface area (TPSA) is 38.3 Å². The van der Waals surface area contributed by atoms with Crippen LogP contribution in [0.25, 0.3) is 0 Å². The van der Waals surface area contributed by atoms with E-state index in [-0.39, 0.29) is 5.91 Å². The van der Waals surface area contributed by atoms with Crippen molar-refractivity contribution in [3.8, 4) is 5.75 Å². The molecule has 21 heavy (non-hydrogen) atoms. The van der Waals surface area contributed by atoms with E-state index < -0.39 is 0 Å². The second-order valence-corrected chi connectivity index (χ2v) is 5.54. The Bertz CT molecular complexity index is 601. The average Bonchev–Trinajstić information content (AvgIpc) is 2.53. The monoisotopic (exact) mass is 321 g/mol. The van der Waals surface area contributed by atoms with Crippen molar-refractivity contribution in [1.29, 1.82) is 0 Å². The lowest BCUT2D eigenvalue weighted by Gasteiger charge is -2.09. The molecule has 2 aromatic rings. The van der Waals surface area contributed by atoms with Gasteiger partial charge >= 0.3 is 0 Å². The van der Waals surface area contributed by atoms with Crippen molar-refractivity contribution in [3.05, 3.63) is 59.1 Å². The number of carbonyl (C=O) groups excluding carboxylic acids is 1. The largest absolute Gasteiger partial charge is 0.492 e. The van der Waals surface area contributed by atoms with Gasteiger partial charge in [0, 0.05) is 9.92 Å². The highest BCUT2D eigenvalue weighted by atomic mass is 35.5. The molecule has 0 unspecified atom stereocenters. The van der Waals surface area contributed by atoms with Gasteiger partial charge in [-0.25, -0.2) is 0 Å². The van der Waals surface area contributed by atoms with Crippen molar-refractivity contribution in [2.75, 3.05) is 19.4 Å². The Morgan fingerprint density at radius 1 is 1.19 bits per heavy atom. The van der Waals surface area contributed by atoms with Crippen molar-refractivity contribution in [3.63, 3.8) is 0 Å². The summed E-state index contributed by atoms with van der Waals surface area (Å²) in [6.07, 6.45) is 1.95. The Balaban J connectivity index is 1.80. The fourth-order valence-corrected chi connectivity index (χ4v) is 2.51. The van der Waals surface area contributed by atoms with E-state index in [1.54, 1.807) is 36.0 Å². The molecular weight excluding hydrogens is 306 g/mol. The van der Waals surface area contributed by atoms with Gasteiger partial charge in [0.25, 0.3) is 5.91 Å². The highest BCUT2D eigenvalue weighted by Gasteiger charge is 2.09. The molecule has 3 nitrogen and oxygen atoms in total. The van der Waals surface area contributed by atoms with Crippen molar-refractivity contribution >= 4 is 29.3 Å². The summed E-state index contributed by atoms with van der Waals surface area (Å²) in [5.41, 5.74) is 0.691. The van der Waals surface area contributed by atoms with Gasteiger partial charge < -0.3 is 10.1 Å². The number of hydrogen-bond donors (Lipinski definition) is 1. The summed E-state index contributed by atoms with van der Waals surface area (Å²) in [6, 6.07) is 14.7. The summed E-state index contributed by atoms with van der Waals surface area (Å²) in [5, 5.41) is 3.52. The van der Waals surface area contributed by atoms with Gasteiger partial charge in [-0.1, -0.05) is 23.7 Å². The Kier molecular flexibility index (Phi) is 5.96. The summed E-state index contributed by atoms with van der Waals surface area (Å²) < 4.78 is 5.53. The van der Waals surface area contributed by atoms with Crippen LogP contribution in [0.5, 0.6) is 5.75 Å². The lowest BCUT2D eigenvalue weighted by molar-refractivity contribution is 0.0944. The van der Waals surface area contributed by atoms with E-state index >= 15 is 0 Å². The van der Waals surface area contributed by atoms with Crippen LogP contribution in [0.15, 0.2) is 53.4 Å². The molecule has 0 fully saturated rings. The third-order valence-electron chi connectivity index (χ3n) is 2.82. The number of rotatable bonds is 6. The normalized spacial score (nSPS) is 10.2. The maximum atomic E-state index is 12.1. The predicted molar refractivity (Wildman–Crippen MR) is 87.5 cm³/mol. The molecule has 5 heteroatoms. The van der Waals surface area contributed by atoms with Gasteiger partial charge in [0.15, 0.2) is 0 Å². The first kappa shape index (κ1) is 15.7. The molecule has 0 saturated carbocycles. The minimum atomic E-state index is -0.0837. The van der Waals surface area contributed by atoms with Gasteiger partial charge in [-0.3, -0.25) is 4.79 Å². The van der Waals surface area contributed by atoms with E-state index in [1.807, 2.05) is 30.5 Å². The molecule has 0 bridgehead atoms. The molecule has 2 rings (SSSR count). The Hall–Kier alpha value is -1.65. The van der Waals surface area contributed by atoms with Gasteiger partial charge in [0.1, 0.15) is 12.4 Å². The smallest absolute Gasteiger partial charge is 0.252 e. The lowest BCUT2D eigenvalue weighted by Crippen LogP contribution is -2.28. The van der Waals surface area contributed by atoms with E-state index in [1.165, 1.54) is 0 Å². The molecule has 0 aliphatic rings. The number of carbonyl (C=O) groups is 1. The molecule has 1 amide bonds. The quantitative estimate of drug-likeness (QED) is 0.648. The summed E-state index contributed by atoms with van der Waals surface area (Å²) in [7, 11) is 0. The van der Waals surface area contributed by atoms with Crippen LogP contribution in [-0.4, -0.2) is 25.3 Å². The number of benzene rings is 2. The second-order valence-electron chi connectivity index (χ2n) is 4.26. The first-order valence-electron chi connectivity index (χ1n) is 6.50. The second kappa shape index (κ2) is 7.96. The Labute approximate surface area is 133 Å². The molecule has 0 aliphatic carbocycles. The van der Waals surface area contributed by atoms with Crippen LogP contribution in [0, 0.1) is 0 Å². The molecule has 2 aromatic carbocycles. The highest BCUT2D eigenvalue weighted by molar-refractivity contribution is 7.98. The van der Waals surface area contributed by atoms with Crippen LogP contribution >= 0.6 is 23.4 Å². The van der Waals surface area contributed by atoms with Crippen LogP contribution in [-0.2, 0) is 0 Å². The van der Waals surface area contributed by atoms with Crippen LogP contribution in [0.4, 0.5) is 0 Å². The summed E-state index contributed by atoms with van der Waals surface area (Å²) in [4.78, 5) is 13.0. The summed E-state index contributed by atoms with van der Waals surface area (Å²) in [6.45, 7) is 0.860. The third-order valence-corrected chi connectivity index (χ3v) is 3.87. The molecule has 0 radical (unpaired) electrons. The molecule has 0 atom stereocenters. The fourth-order valence-electron chi connectivity index (χ4n) is 1.79. The minimum Gasteiger partial charge on any atom is -0.492 e. The Morgan fingerprint density at radius 2 is 1.90 bits per heavy atom. The van der Waals surface area contributed by atoms with Gasteiger partial charge in [0.05, 0.1) is 12.1 Å². The van der Waals surface area contributed by atoms with E-state index in [4.69, 9.17) is 16.3 Å². The van der Waals surface area contributed by atoms with Crippen molar-refractivity contribution in [1.82, 2.24) is 5.32 Å². The molecule has 0 aliphatic heterocycles. The van der Waals surface area contributed by atoms with Crippen molar-refractivity contribution < 1.29 is 9.53 Å². The number of amides is 1. The highest BCUT2D eigenvalue weighted by Crippen LogP contribution is 2.19. The zero-order chi connectivity index (χ0) is 15.1. The molecule has 0 spiro atoms. The Morgan fingerprint density at radius 3 is 2.62 bits per heavy atom. The average molecular weight is 322 g/mol. The minimum absolute atomic E-state index is 0.0837. The van der Waals surface area contributed by atoms with Gasteiger partial charge in [-0.2, -0.15) is 0 Å². The van der Waals surface area contributed by atoms with E-state index in [0.717, 1.165) is 10.6 Å². The van der Waals surface area contributed by atoms with Gasteiger partial charge in [0.2, 0.25) is 0 Å².